The SMILES string of the molecule is O=C(Nc1ccc(Cl)cn1)C1c2ccccc2C(=O)N2CCc3ccccc3C12. The molecule has 5 rings (SSSR count). The summed E-state index contributed by atoms with van der Waals surface area (Å²) in [5.41, 5.74) is 3.56. The van der Waals surface area contributed by atoms with E-state index in [9.17, 15) is 9.59 Å². The number of halogens is 1. The molecule has 144 valence electrons. The molecule has 0 radical (unpaired) electrons. The summed E-state index contributed by atoms with van der Waals surface area (Å²) >= 11 is 5.91. The molecule has 1 N–H and O–H groups in total. The summed E-state index contributed by atoms with van der Waals surface area (Å²) in [6, 6.07) is 18.5. The third-order valence-corrected chi connectivity index (χ3v) is 5.92. The second kappa shape index (κ2) is 7.01. The molecule has 0 aliphatic carbocycles. The standard InChI is InChI=1S/C23H18ClN3O2/c24-15-9-10-19(25-13-15)26-22(28)20-17-7-3-4-8-18(17)23(29)27-12-11-14-5-1-2-6-16(14)21(20)27/h1-10,13,20-21H,11-12H2,(H,25,26,28). The first-order valence-corrected chi connectivity index (χ1v) is 9.91. The van der Waals surface area contributed by atoms with E-state index in [2.05, 4.69) is 16.4 Å². The molecule has 0 fully saturated rings. The number of anilines is 1. The summed E-state index contributed by atoms with van der Waals surface area (Å²) < 4.78 is 0. The van der Waals surface area contributed by atoms with Crippen LogP contribution in [-0.4, -0.2) is 28.2 Å². The van der Waals surface area contributed by atoms with Gasteiger partial charge in [-0.05, 0) is 41.3 Å². The maximum Gasteiger partial charge on any atom is 0.254 e. The molecule has 2 unspecified atom stereocenters. The highest BCUT2D eigenvalue weighted by Crippen LogP contribution is 2.46. The summed E-state index contributed by atoms with van der Waals surface area (Å²) in [5.74, 6) is -0.299. The molecule has 1 aromatic heterocycles. The maximum absolute atomic E-state index is 13.5. The number of nitrogens with zero attached hydrogens (tertiary/aromatic N) is 2. The minimum absolute atomic E-state index is 0.0197. The van der Waals surface area contributed by atoms with Gasteiger partial charge in [-0.2, -0.15) is 0 Å². The molecule has 0 spiro atoms. The van der Waals surface area contributed by atoms with E-state index in [1.54, 1.807) is 18.2 Å². The van der Waals surface area contributed by atoms with Crippen LogP contribution in [0.5, 0.6) is 0 Å². The van der Waals surface area contributed by atoms with Crippen molar-refractivity contribution in [1.82, 2.24) is 9.88 Å². The summed E-state index contributed by atoms with van der Waals surface area (Å²) in [6.45, 7) is 0.595. The van der Waals surface area contributed by atoms with E-state index in [0.717, 1.165) is 17.5 Å². The predicted molar refractivity (Wildman–Crippen MR) is 111 cm³/mol. The lowest BCUT2D eigenvalue weighted by molar-refractivity contribution is -0.119. The normalized spacial score (nSPS) is 19.8. The van der Waals surface area contributed by atoms with Crippen LogP contribution in [0.25, 0.3) is 0 Å². The van der Waals surface area contributed by atoms with Gasteiger partial charge in [0.2, 0.25) is 5.91 Å². The molecule has 29 heavy (non-hydrogen) atoms. The number of nitrogens with one attached hydrogen (secondary N) is 1. The number of pyridine rings is 1. The van der Waals surface area contributed by atoms with Crippen LogP contribution in [-0.2, 0) is 11.2 Å². The van der Waals surface area contributed by atoms with E-state index in [1.807, 2.05) is 41.3 Å². The second-order valence-corrected chi connectivity index (χ2v) is 7.74. The largest absolute Gasteiger partial charge is 0.330 e. The number of carbonyl (C=O) groups is 2. The molecule has 5 nitrogen and oxygen atoms in total. The van der Waals surface area contributed by atoms with Gasteiger partial charge in [-0.1, -0.05) is 54.1 Å². The van der Waals surface area contributed by atoms with E-state index in [-0.39, 0.29) is 17.9 Å². The van der Waals surface area contributed by atoms with Crippen LogP contribution in [0.3, 0.4) is 0 Å². The summed E-state index contributed by atoms with van der Waals surface area (Å²) in [5, 5.41) is 3.42. The minimum Gasteiger partial charge on any atom is -0.330 e. The third-order valence-electron chi connectivity index (χ3n) is 5.70. The lowest BCUT2D eigenvalue weighted by Gasteiger charge is -2.45. The predicted octanol–water partition coefficient (Wildman–Crippen LogP) is 4.21. The van der Waals surface area contributed by atoms with Crippen molar-refractivity contribution in [3.05, 3.63) is 94.1 Å². The van der Waals surface area contributed by atoms with Crippen molar-refractivity contribution in [2.75, 3.05) is 11.9 Å². The molecule has 2 aliphatic heterocycles. The molecular formula is C23H18ClN3O2. The maximum atomic E-state index is 13.5. The first-order chi connectivity index (χ1) is 14.1. The summed E-state index contributed by atoms with van der Waals surface area (Å²) in [4.78, 5) is 32.7. The quantitative estimate of drug-likeness (QED) is 0.697. The Labute approximate surface area is 173 Å². The molecule has 2 amide bonds. The number of rotatable bonds is 2. The number of fused-ring (bicyclic) bond motifs is 4. The van der Waals surface area contributed by atoms with Gasteiger partial charge in [0, 0.05) is 18.3 Å². The van der Waals surface area contributed by atoms with Gasteiger partial charge in [0.05, 0.1) is 17.0 Å². The zero-order chi connectivity index (χ0) is 20.0. The Bertz CT molecular complexity index is 1110. The fourth-order valence-corrected chi connectivity index (χ4v) is 4.52. The fourth-order valence-electron chi connectivity index (χ4n) is 4.41. The molecule has 0 saturated carbocycles. The van der Waals surface area contributed by atoms with Gasteiger partial charge in [-0.25, -0.2) is 4.98 Å². The van der Waals surface area contributed by atoms with Gasteiger partial charge in [0.25, 0.3) is 5.91 Å². The Kier molecular flexibility index (Phi) is 4.32. The summed E-state index contributed by atoms with van der Waals surface area (Å²) in [6.07, 6.45) is 2.28. The van der Waals surface area contributed by atoms with Crippen LogP contribution < -0.4 is 5.32 Å². The number of hydrogen-bond donors (Lipinski definition) is 1. The molecule has 2 atom stereocenters. The Balaban J connectivity index is 1.62. The van der Waals surface area contributed by atoms with Crippen LogP contribution in [0.4, 0.5) is 5.82 Å². The Hall–Kier alpha value is -3.18. The number of carbonyl (C=O) groups excluding carboxylic acids is 2. The van der Waals surface area contributed by atoms with E-state index >= 15 is 0 Å². The Morgan fingerprint density at radius 3 is 2.59 bits per heavy atom. The van der Waals surface area contributed by atoms with Gasteiger partial charge in [-0.3, -0.25) is 9.59 Å². The summed E-state index contributed by atoms with van der Waals surface area (Å²) in [7, 11) is 0. The smallest absolute Gasteiger partial charge is 0.254 e. The molecule has 3 heterocycles. The van der Waals surface area contributed by atoms with Crippen LogP contribution in [0.1, 0.15) is 39.0 Å². The molecule has 0 bridgehead atoms. The highest BCUT2D eigenvalue weighted by molar-refractivity contribution is 6.30. The third kappa shape index (κ3) is 2.98. The van der Waals surface area contributed by atoms with Gasteiger partial charge in [-0.15, -0.1) is 0 Å². The highest BCUT2D eigenvalue weighted by atomic mass is 35.5. The lowest BCUT2D eigenvalue weighted by Crippen LogP contribution is -2.49. The van der Waals surface area contributed by atoms with Crippen LogP contribution in [0.2, 0.25) is 5.02 Å². The van der Waals surface area contributed by atoms with Crippen molar-refractivity contribution in [2.24, 2.45) is 0 Å². The molecular weight excluding hydrogens is 386 g/mol. The molecule has 2 aromatic carbocycles. The Morgan fingerprint density at radius 2 is 1.79 bits per heavy atom. The monoisotopic (exact) mass is 403 g/mol. The number of hydrogen-bond acceptors (Lipinski definition) is 3. The van der Waals surface area contributed by atoms with Gasteiger partial charge in [0.15, 0.2) is 0 Å². The van der Waals surface area contributed by atoms with E-state index in [0.29, 0.717) is 22.9 Å². The average Bonchev–Trinajstić information content (AvgIpc) is 2.75. The number of benzene rings is 2. The minimum atomic E-state index is -0.525. The van der Waals surface area contributed by atoms with Crippen LogP contribution in [0, 0.1) is 0 Å². The molecule has 6 heteroatoms. The van der Waals surface area contributed by atoms with Gasteiger partial charge >= 0.3 is 0 Å². The van der Waals surface area contributed by atoms with E-state index in [4.69, 9.17) is 11.6 Å². The van der Waals surface area contributed by atoms with E-state index < -0.39 is 5.92 Å². The van der Waals surface area contributed by atoms with Crippen LogP contribution in [0.15, 0.2) is 66.9 Å². The van der Waals surface area contributed by atoms with Crippen molar-refractivity contribution in [3.63, 3.8) is 0 Å². The van der Waals surface area contributed by atoms with Crippen molar-refractivity contribution < 1.29 is 9.59 Å². The zero-order valence-electron chi connectivity index (χ0n) is 15.5. The van der Waals surface area contributed by atoms with Crippen molar-refractivity contribution >= 4 is 29.2 Å². The number of aromatic nitrogens is 1. The second-order valence-electron chi connectivity index (χ2n) is 7.31. The van der Waals surface area contributed by atoms with Crippen molar-refractivity contribution in [3.8, 4) is 0 Å². The average molecular weight is 404 g/mol. The first kappa shape index (κ1) is 17.9. The van der Waals surface area contributed by atoms with E-state index in [1.165, 1.54) is 11.8 Å². The lowest BCUT2D eigenvalue weighted by atomic mass is 9.76. The fraction of sp³-hybridized carbons (Fsp3) is 0.174. The van der Waals surface area contributed by atoms with Crippen molar-refractivity contribution in [1.29, 1.82) is 0 Å². The van der Waals surface area contributed by atoms with Crippen molar-refractivity contribution in [2.45, 2.75) is 18.4 Å². The Morgan fingerprint density at radius 1 is 1.03 bits per heavy atom. The highest BCUT2D eigenvalue weighted by Gasteiger charge is 2.46. The topological polar surface area (TPSA) is 62.3 Å². The van der Waals surface area contributed by atoms with Crippen LogP contribution >= 0.6 is 11.6 Å². The first-order valence-electron chi connectivity index (χ1n) is 9.53. The molecule has 3 aromatic rings. The number of amides is 2. The zero-order valence-corrected chi connectivity index (χ0v) is 16.3. The van der Waals surface area contributed by atoms with Gasteiger partial charge in [0.1, 0.15) is 5.82 Å². The van der Waals surface area contributed by atoms with Gasteiger partial charge < -0.3 is 10.2 Å². The molecule has 0 saturated heterocycles. The molecule has 2 aliphatic rings.